The molecule has 4 aromatic rings. The lowest BCUT2D eigenvalue weighted by atomic mass is 10.1. The number of hydrogen-bond acceptors (Lipinski definition) is 8. The average Bonchev–Trinajstić information content (AvgIpc) is 3.48. The van der Waals surface area contributed by atoms with E-state index in [-0.39, 0.29) is 40.8 Å². The number of hydrogen-bond donors (Lipinski definition) is 1. The van der Waals surface area contributed by atoms with Crippen molar-refractivity contribution in [3.05, 3.63) is 99.3 Å². The third kappa shape index (κ3) is 5.82. The van der Waals surface area contributed by atoms with Crippen LogP contribution in [0.3, 0.4) is 0 Å². The van der Waals surface area contributed by atoms with Crippen molar-refractivity contribution < 1.29 is 27.3 Å². The first-order valence-corrected chi connectivity index (χ1v) is 14.7. The van der Waals surface area contributed by atoms with Crippen molar-refractivity contribution in [2.45, 2.75) is 11.8 Å². The number of carbonyl (C=O) groups excluding carboxylic acids is 1. The van der Waals surface area contributed by atoms with Gasteiger partial charge in [-0.3, -0.25) is 14.9 Å². The van der Waals surface area contributed by atoms with Gasteiger partial charge in [-0.25, -0.2) is 8.42 Å². The average molecular weight is 611 g/mol. The summed E-state index contributed by atoms with van der Waals surface area (Å²) >= 11 is 6.56. The van der Waals surface area contributed by atoms with Crippen molar-refractivity contribution in [1.82, 2.24) is 4.31 Å². The minimum atomic E-state index is -3.65. The van der Waals surface area contributed by atoms with E-state index in [4.69, 9.17) is 20.8 Å². The van der Waals surface area contributed by atoms with Gasteiger partial charge in [0.2, 0.25) is 10.0 Å². The molecule has 13 heteroatoms. The van der Waals surface area contributed by atoms with Crippen LogP contribution in [0.2, 0.25) is 5.02 Å². The molecule has 1 amide bonds. The molecule has 3 aromatic carbocycles. The Balaban J connectivity index is 1.33. The smallest absolute Gasteiger partial charge is 0.291 e. The molecule has 1 saturated heterocycles. The number of furan rings is 1. The Labute approximate surface area is 247 Å². The fraction of sp³-hybridized carbons (Fsp3) is 0.207. The quantitative estimate of drug-likeness (QED) is 0.201. The van der Waals surface area contributed by atoms with E-state index in [0.29, 0.717) is 35.2 Å². The zero-order chi connectivity index (χ0) is 30.0. The van der Waals surface area contributed by atoms with Crippen LogP contribution < -0.4 is 15.0 Å². The lowest BCUT2D eigenvalue weighted by Crippen LogP contribution is -2.49. The number of nitro groups is 1. The number of carbonyl (C=O) groups is 1. The monoisotopic (exact) mass is 610 g/mol. The molecule has 0 unspecified atom stereocenters. The summed E-state index contributed by atoms with van der Waals surface area (Å²) in [5, 5.41) is 14.8. The van der Waals surface area contributed by atoms with Crippen LogP contribution in [0.25, 0.3) is 11.3 Å². The number of piperazine rings is 1. The number of methoxy groups -OCH3 is 1. The number of nitro benzene ring substituents is 1. The minimum absolute atomic E-state index is 0.0601. The topological polar surface area (TPSA) is 135 Å². The highest BCUT2D eigenvalue weighted by molar-refractivity contribution is 7.89. The van der Waals surface area contributed by atoms with Crippen molar-refractivity contribution in [1.29, 1.82) is 0 Å². The molecule has 0 radical (unpaired) electrons. The van der Waals surface area contributed by atoms with Crippen LogP contribution in [0.4, 0.5) is 17.1 Å². The number of nitrogens with one attached hydrogen (secondary N) is 1. The lowest BCUT2D eigenvalue weighted by molar-refractivity contribution is -0.384. The maximum atomic E-state index is 13.2. The van der Waals surface area contributed by atoms with E-state index in [2.05, 4.69) is 5.32 Å². The molecule has 42 heavy (non-hydrogen) atoms. The number of nitrogens with zero attached hydrogens (tertiary/aromatic N) is 3. The second kappa shape index (κ2) is 11.8. The van der Waals surface area contributed by atoms with Crippen LogP contribution in [0.1, 0.15) is 16.1 Å². The molecule has 0 aliphatic carbocycles. The number of benzene rings is 3. The number of amides is 1. The van der Waals surface area contributed by atoms with E-state index < -0.39 is 20.9 Å². The SMILES string of the molecule is COc1ccc(-c2ccc(C(=O)Nc3cccc(Cl)c3N3CCN(S(=O)(=O)c4ccc(C)cc4)CC3)o2)c([N+](=O)[O-])c1. The van der Waals surface area contributed by atoms with Crippen LogP contribution in [0.5, 0.6) is 5.75 Å². The molecular formula is C29H27ClN4O7S. The molecule has 1 fully saturated rings. The van der Waals surface area contributed by atoms with Gasteiger partial charge in [-0.1, -0.05) is 35.4 Å². The molecule has 2 heterocycles. The Morgan fingerprint density at radius 1 is 1.02 bits per heavy atom. The first kappa shape index (κ1) is 29.1. The summed E-state index contributed by atoms with van der Waals surface area (Å²) in [5.41, 5.74) is 1.91. The summed E-state index contributed by atoms with van der Waals surface area (Å²) < 4.78 is 38.5. The molecule has 0 bridgehead atoms. The second-order valence-electron chi connectivity index (χ2n) is 9.60. The Kier molecular flexibility index (Phi) is 8.21. The standard InChI is InChI=1S/C29H27ClN4O7S/c1-19-6-9-21(10-7-19)42(38,39)33-16-14-32(15-17-33)28-23(30)4-3-5-24(28)31-29(35)27-13-12-26(41-27)22-11-8-20(40-2)18-25(22)34(36)37/h3-13,18H,14-17H2,1-2H3,(H,31,35). The van der Waals surface area contributed by atoms with Gasteiger partial charge in [0.1, 0.15) is 11.5 Å². The molecule has 0 atom stereocenters. The Morgan fingerprint density at radius 3 is 2.40 bits per heavy atom. The molecule has 11 nitrogen and oxygen atoms in total. The molecular weight excluding hydrogens is 584 g/mol. The van der Waals surface area contributed by atoms with Gasteiger partial charge in [0.15, 0.2) is 5.76 Å². The number of aryl methyl sites for hydroxylation is 1. The highest BCUT2D eigenvalue weighted by atomic mass is 35.5. The van der Waals surface area contributed by atoms with Crippen molar-refractivity contribution in [2.24, 2.45) is 0 Å². The molecule has 218 valence electrons. The van der Waals surface area contributed by atoms with Gasteiger partial charge in [-0.2, -0.15) is 4.31 Å². The van der Waals surface area contributed by atoms with E-state index in [9.17, 15) is 23.3 Å². The zero-order valence-electron chi connectivity index (χ0n) is 22.7. The van der Waals surface area contributed by atoms with Crippen LogP contribution in [-0.4, -0.2) is 56.8 Å². The van der Waals surface area contributed by atoms with E-state index in [1.165, 1.54) is 35.7 Å². The van der Waals surface area contributed by atoms with Crippen LogP contribution in [0, 0.1) is 17.0 Å². The van der Waals surface area contributed by atoms with Crippen molar-refractivity contribution in [3.8, 4) is 17.1 Å². The summed E-state index contributed by atoms with van der Waals surface area (Å²) in [5.74, 6) is -0.180. The van der Waals surface area contributed by atoms with Gasteiger partial charge >= 0.3 is 0 Å². The first-order chi connectivity index (χ1) is 20.1. The molecule has 1 aromatic heterocycles. The van der Waals surface area contributed by atoms with Crippen molar-refractivity contribution in [3.63, 3.8) is 0 Å². The molecule has 1 aliphatic heterocycles. The molecule has 1 aliphatic rings. The van der Waals surface area contributed by atoms with Gasteiger partial charge in [-0.05, 0) is 55.5 Å². The highest BCUT2D eigenvalue weighted by Crippen LogP contribution is 2.37. The van der Waals surface area contributed by atoms with Crippen LogP contribution >= 0.6 is 11.6 Å². The van der Waals surface area contributed by atoms with Gasteiger partial charge in [0.05, 0.1) is 45.0 Å². The number of rotatable bonds is 8. The number of sulfonamides is 1. The van der Waals surface area contributed by atoms with Gasteiger partial charge in [-0.15, -0.1) is 0 Å². The third-order valence-corrected chi connectivity index (χ3v) is 9.16. The van der Waals surface area contributed by atoms with Gasteiger partial charge in [0, 0.05) is 26.2 Å². The predicted molar refractivity (Wildman–Crippen MR) is 159 cm³/mol. The van der Waals surface area contributed by atoms with E-state index in [1.807, 2.05) is 11.8 Å². The second-order valence-corrected chi connectivity index (χ2v) is 11.9. The maximum absolute atomic E-state index is 13.2. The summed E-state index contributed by atoms with van der Waals surface area (Å²) in [6, 6.07) is 19.0. The normalized spacial score (nSPS) is 14.0. The fourth-order valence-electron chi connectivity index (χ4n) is 4.74. The first-order valence-electron chi connectivity index (χ1n) is 12.9. The zero-order valence-corrected chi connectivity index (χ0v) is 24.3. The van der Waals surface area contributed by atoms with E-state index in [1.54, 1.807) is 48.5 Å². The maximum Gasteiger partial charge on any atom is 0.291 e. The summed E-state index contributed by atoms with van der Waals surface area (Å²) in [6.07, 6.45) is 0. The van der Waals surface area contributed by atoms with Gasteiger partial charge in [0.25, 0.3) is 11.6 Å². The van der Waals surface area contributed by atoms with Crippen molar-refractivity contribution in [2.75, 3.05) is 43.5 Å². The molecule has 5 rings (SSSR count). The largest absolute Gasteiger partial charge is 0.497 e. The van der Waals surface area contributed by atoms with E-state index in [0.717, 1.165) is 5.56 Å². The van der Waals surface area contributed by atoms with Crippen LogP contribution in [-0.2, 0) is 10.0 Å². The van der Waals surface area contributed by atoms with E-state index >= 15 is 0 Å². The number of halogens is 1. The number of ether oxygens (including phenoxy) is 1. The van der Waals surface area contributed by atoms with Crippen LogP contribution in [0.15, 0.2) is 82.1 Å². The summed E-state index contributed by atoms with van der Waals surface area (Å²) in [7, 11) is -2.24. The molecule has 0 saturated carbocycles. The number of anilines is 2. The highest BCUT2D eigenvalue weighted by Gasteiger charge is 2.30. The Hall–Kier alpha value is -4.39. The Bertz CT molecular complexity index is 1750. The fourth-order valence-corrected chi connectivity index (χ4v) is 6.45. The third-order valence-electron chi connectivity index (χ3n) is 6.95. The molecule has 1 N–H and O–H groups in total. The minimum Gasteiger partial charge on any atom is -0.497 e. The lowest BCUT2D eigenvalue weighted by Gasteiger charge is -2.36. The predicted octanol–water partition coefficient (Wildman–Crippen LogP) is 5.59. The van der Waals surface area contributed by atoms with Gasteiger partial charge < -0.3 is 19.4 Å². The summed E-state index contributed by atoms with van der Waals surface area (Å²) in [4.78, 5) is 26.4. The number of para-hydroxylation sites is 1. The van der Waals surface area contributed by atoms with Crippen molar-refractivity contribution >= 4 is 44.6 Å². The molecule has 0 spiro atoms. The Morgan fingerprint density at radius 2 is 1.74 bits per heavy atom. The summed E-state index contributed by atoms with van der Waals surface area (Å²) in [6.45, 7) is 3.06.